The lowest BCUT2D eigenvalue weighted by Gasteiger charge is -2.14. The van der Waals surface area contributed by atoms with Gasteiger partial charge in [0, 0.05) is 40.2 Å². The van der Waals surface area contributed by atoms with E-state index in [1.807, 2.05) is 48.8 Å². The predicted molar refractivity (Wildman–Crippen MR) is 109 cm³/mol. The molecule has 1 aliphatic rings. The molecule has 1 aromatic carbocycles. The number of carbonyl (C=O) groups is 1. The lowest BCUT2D eigenvalue weighted by atomic mass is 9.94. The monoisotopic (exact) mass is 424 g/mol. The molecule has 5 nitrogen and oxygen atoms in total. The molecule has 2 heterocycles. The quantitative estimate of drug-likeness (QED) is 0.672. The van der Waals surface area contributed by atoms with Crippen LogP contribution < -0.4 is 5.32 Å². The van der Waals surface area contributed by atoms with Crippen molar-refractivity contribution in [2.45, 2.75) is 32.2 Å². The molecule has 0 aliphatic heterocycles. The van der Waals surface area contributed by atoms with Crippen LogP contribution in [-0.4, -0.2) is 27.2 Å². The Morgan fingerprint density at radius 3 is 2.70 bits per heavy atom. The lowest BCUT2D eigenvalue weighted by Crippen LogP contribution is -2.28. The first kappa shape index (κ1) is 17.9. The molecule has 2 aromatic heterocycles. The summed E-state index contributed by atoms with van der Waals surface area (Å²) in [6, 6.07) is 11.5. The van der Waals surface area contributed by atoms with Crippen molar-refractivity contribution in [3.63, 3.8) is 0 Å². The number of amides is 1. The van der Waals surface area contributed by atoms with Crippen LogP contribution in [-0.2, 0) is 19.4 Å². The summed E-state index contributed by atoms with van der Waals surface area (Å²) in [5.41, 5.74) is 5.48. The first-order chi connectivity index (χ1) is 13.2. The summed E-state index contributed by atoms with van der Waals surface area (Å²) in [5.74, 6) is -0.0714. The second-order valence-corrected chi connectivity index (χ2v) is 7.53. The number of hydrogen-bond donors (Lipinski definition) is 1. The summed E-state index contributed by atoms with van der Waals surface area (Å²) < 4.78 is 2.88. The fraction of sp³-hybridized carbons (Fsp3) is 0.286. The van der Waals surface area contributed by atoms with Gasteiger partial charge in [-0.15, -0.1) is 0 Å². The van der Waals surface area contributed by atoms with Crippen molar-refractivity contribution in [1.82, 2.24) is 20.1 Å². The number of nitrogens with one attached hydrogen (secondary N) is 1. The van der Waals surface area contributed by atoms with Gasteiger partial charge in [-0.2, -0.15) is 5.10 Å². The maximum atomic E-state index is 12.4. The molecular formula is C21H21BrN4O. The Morgan fingerprint density at radius 1 is 1.11 bits per heavy atom. The molecular weight excluding hydrogens is 404 g/mol. The van der Waals surface area contributed by atoms with E-state index in [-0.39, 0.29) is 5.91 Å². The summed E-state index contributed by atoms with van der Waals surface area (Å²) in [6.07, 6.45) is 8.12. The summed E-state index contributed by atoms with van der Waals surface area (Å²) in [4.78, 5) is 16.5. The van der Waals surface area contributed by atoms with E-state index in [9.17, 15) is 4.79 Å². The van der Waals surface area contributed by atoms with Crippen LogP contribution in [0.15, 0.2) is 53.3 Å². The molecule has 138 valence electrons. The van der Waals surface area contributed by atoms with Gasteiger partial charge in [0.2, 0.25) is 0 Å². The van der Waals surface area contributed by atoms with E-state index in [0.717, 1.165) is 28.6 Å². The average molecular weight is 425 g/mol. The van der Waals surface area contributed by atoms with Gasteiger partial charge in [0.1, 0.15) is 0 Å². The summed E-state index contributed by atoms with van der Waals surface area (Å²) in [7, 11) is 0. The topological polar surface area (TPSA) is 59.8 Å². The van der Waals surface area contributed by atoms with E-state index < -0.39 is 0 Å². The Kier molecular flexibility index (Phi) is 5.34. The van der Waals surface area contributed by atoms with Crippen LogP contribution in [0, 0.1) is 0 Å². The number of hydrogen-bond acceptors (Lipinski definition) is 3. The zero-order valence-corrected chi connectivity index (χ0v) is 16.6. The van der Waals surface area contributed by atoms with Crippen LogP contribution in [0.25, 0.3) is 11.3 Å². The highest BCUT2D eigenvalue weighted by Crippen LogP contribution is 2.30. The number of fused-ring (bicyclic) bond motifs is 1. The smallest absolute Gasteiger partial charge is 0.252 e. The number of nitrogens with zero attached hydrogens (tertiary/aromatic N) is 3. The number of rotatable bonds is 5. The third kappa shape index (κ3) is 3.81. The number of carbonyl (C=O) groups excluding carboxylic acids is 1. The lowest BCUT2D eigenvalue weighted by molar-refractivity contribution is 0.0951. The van der Waals surface area contributed by atoms with Crippen molar-refractivity contribution >= 4 is 21.8 Å². The Bertz CT molecular complexity index is 952. The molecule has 0 unspecified atom stereocenters. The Labute approximate surface area is 167 Å². The molecule has 0 saturated carbocycles. The molecule has 0 bridgehead atoms. The van der Waals surface area contributed by atoms with Gasteiger partial charge in [0.15, 0.2) is 0 Å². The number of halogens is 1. The normalized spacial score (nSPS) is 13.2. The van der Waals surface area contributed by atoms with E-state index in [1.165, 1.54) is 24.1 Å². The van der Waals surface area contributed by atoms with Crippen molar-refractivity contribution in [3.05, 3.63) is 70.1 Å². The zero-order chi connectivity index (χ0) is 18.6. The van der Waals surface area contributed by atoms with Crippen molar-refractivity contribution in [1.29, 1.82) is 0 Å². The number of aromatic nitrogens is 3. The van der Waals surface area contributed by atoms with Crippen molar-refractivity contribution < 1.29 is 4.79 Å². The Hall–Kier alpha value is -2.47. The van der Waals surface area contributed by atoms with Crippen molar-refractivity contribution in [2.24, 2.45) is 0 Å². The van der Waals surface area contributed by atoms with E-state index >= 15 is 0 Å². The van der Waals surface area contributed by atoms with E-state index in [4.69, 9.17) is 5.10 Å². The largest absolute Gasteiger partial charge is 0.350 e. The van der Waals surface area contributed by atoms with Gasteiger partial charge in [-0.05, 0) is 65.9 Å². The van der Waals surface area contributed by atoms with Crippen molar-refractivity contribution in [3.8, 4) is 11.3 Å². The molecule has 0 saturated heterocycles. The van der Waals surface area contributed by atoms with Gasteiger partial charge in [0.05, 0.1) is 17.8 Å². The van der Waals surface area contributed by atoms with Gasteiger partial charge in [-0.3, -0.25) is 14.5 Å². The fourth-order valence-electron chi connectivity index (χ4n) is 3.61. The SMILES string of the molecule is O=C(NCCn1nc(-c2ccncc2)c2c1CCCC2)c1ccccc1Br. The highest BCUT2D eigenvalue weighted by Gasteiger charge is 2.21. The Morgan fingerprint density at radius 2 is 1.89 bits per heavy atom. The molecule has 0 fully saturated rings. The van der Waals surface area contributed by atoms with Gasteiger partial charge in [-0.25, -0.2) is 0 Å². The standard InChI is InChI=1S/C21H21BrN4O/c22-18-7-3-1-5-16(18)21(27)24-13-14-26-19-8-4-2-6-17(19)20(25-26)15-9-11-23-12-10-15/h1,3,5,7,9-12H,2,4,6,8,13-14H2,(H,24,27). The second kappa shape index (κ2) is 8.05. The maximum Gasteiger partial charge on any atom is 0.252 e. The highest BCUT2D eigenvalue weighted by atomic mass is 79.9. The summed E-state index contributed by atoms with van der Waals surface area (Å²) in [5, 5.41) is 7.88. The molecule has 6 heteroatoms. The van der Waals surface area contributed by atoms with E-state index in [1.54, 1.807) is 0 Å². The molecule has 1 aliphatic carbocycles. The molecule has 4 rings (SSSR count). The van der Waals surface area contributed by atoms with Crippen molar-refractivity contribution in [2.75, 3.05) is 6.54 Å². The second-order valence-electron chi connectivity index (χ2n) is 6.68. The van der Waals surface area contributed by atoms with Crippen LogP contribution in [0.2, 0.25) is 0 Å². The molecule has 0 atom stereocenters. The van der Waals surface area contributed by atoms with Crippen LogP contribution >= 0.6 is 15.9 Å². The van der Waals surface area contributed by atoms with E-state index in [2.05, 4.69) is 30.9 Å². The minimum Gasteiger partial charge on any atom is -0.350 e. The predicted octanol–water partition coefficient (Wildman–Crippen LogP) is 4.02. The first-order valence-electron chi connectivity index (χ1n) is 9.25. The molecule has 0 spiro atoms. The highest BCUT2D eigenvalue weighted by molar-refractivity contribution is 9.10. The molecule has 1 amide bonds. The molecule has 0 radical (unpaired) electrons. The van der Waals surface area contributed by atoms with Gasteiger partial charge in [0.25, 0.3) is 5.91 Å². The third-order valence-corrected chi connectivity index (χ3v) is 5.63. The molecule has 27 heavy (non-hydrogen) atoms. The van der Waals surface area contributed by atoms with Gasteiger partial charge in [-0.1, -0.05) is 12.1 Å². The van der Waals surface area contributed by atoms with Crippen LogP contribution in [0.5, 0.6) is 0 Å². The van der Waals surface area contributed by atoms with E-state index in [0.29, 0.717) is 18.7 Å². The van der Waals surface area contributed by atoms with Crippen LogP contribution in [0.1, 0.15) is 34.5 Å². The Balaban J connectivity index is 1.50. The number of benzene rings is 1. The minimum absolute atomic E-state index is 0.0714. The van der Waals surface area contributed by atoms with Gasteiger partial charge < -0.3 is 5.32 Å². The van der Waals surface area contributed by atoms with Crippen LogP contribution in [0.3, 0.4) is 0 Å². The van der Waals surface area contributed by atoms with Crippen LogP contribution in [0.4, 0.5) is 0 Å². The molecule has 1 N–H and O–H groups in total. The molecule has 3 aromatic rings. The third-order valence-electron chi connectivity index (χ3n) is 4.94. The first-order valence-corrected chi connectivity index (χ1v) is 10.0. The average Bonchev–Trinajstić information content (AvgIpc) is 3.08. The number of pyridine rings is 1. The summed E-state index contributed by atoms with van der Waals surface area (Å²) >= 11 is 3.43. The fourth-order valence-corrected chi connectivity index (χ4v) is 4.08. The van der Waals surface area contributed by atoms with Gasteiger partial charge >= 0.3 is 0 Å². The minimum atomic E-state index is -0.0714. The summed E-state index contributed by atoms with van der Waals surface area (Å²) in [6.45, 7) is 1.22. The maximum absolute atomic E-state index is 12.4. The zero-order valence-electron chi connectivity index (χ0n) is 15.0.